The van der Waals surface area contributed by atoms with E-state index in [4.69, 9.17) is 0 Å². The highest BCUT2D eigenvalue weighted by Crippen LogP contribution is 2.53. The van der Waals surface area contributed by atoms with E-state index in [0.29, 0.717) is 16.7 Å². The molecule has 4 aliphatic heterocycles. The average molecular weight is 895 g/mol. The highest BCUT2D eigenvalue weighted by molar-refractivity contribution is 7.03. The van der Waals surface area contributed by atoms with Crippen LogP contribution in [0.25, 0.3) is 99.1 Å². The molecule has 14 rings (SSSR count). The van der Waals surface area contributed by atoms with Gasteiger partial charge >= 0.3 is 12.4 Å². The van der Waals surface area contributed by atoms with E-state index in [-0.39, 0.29) is 13.4 Å². The average Bonchev–Trinajstić information content (AvgIpc) is 3.79. The van der Waals surface area contributed by atoms with Crippen molar-refractivity contribution in [3.63, 3.8) is 0 Å². The van der Waals surface area contributed by atoms with Gasteiger partial charge < -0.3 is 0 Å². The van der Waals surface area contributed by atoms with E-state index in [0.717, 1.165) is 149 Å². The van der Waals surface area contributed by atoms with Gasteiger partial charge in [-0.1, -0.05) is 129 Å². The highest BCUT2D eigenvalue weighted by atomic mass is 19.4. The first kappa shape index (κ1) is 40.1. The second kappa shape index (κ2) is 12.9. The predicted molar refractivity (Wildman–Crippen MR) is 270 cm³/mol. The topological polar surface area (TPSA) is 0 Å². The third-order valence-corrected chi connectivity index (χ3v) is 16.1. The van der Waals surface area contributed by atoms with E-state index in [1.165, 1.54) is 24.3 Å². The maximum atomic E-state index is 15.3. The molecular weight excluding hydrogens is 856 g/mol. The third kappa shape index (κ3) is 5.00. The molecule has 0 bridgehead atoms. The lowest BCUT2D eigenvalue weighted by Crippen LogP contribution is -2.53. The summed E-state index contributed by atoms with van der Waals surface area (Å²) in [5.41, 5.74) is 21.1. The fraction of sp³-hybridized carbons (Fsp3) is 0.133. The maximum Gasteiger partial charge on any atom is 0.416 e. The molecule has 4 heterocycles. The second-order valence-corrected chi connectivity index (χ2v) is 20.0. The zero-order valence-corrected chi connectivity index (χ0v) is 38.0. The molecule has 68 heavy (non-hydrogen) atoms. The number of hydrogen-bond acceptors (Lipinski definition) is 0. The Labute approximate surface area is 389 Å². The molecule has 0 aromatic heterocycles. The summed E-state index contributed by atoms with van der Waals surface area (Å²) >= 11 is 0. The minimum absolute atomic E-state index is 0.323. The Bertz CT molecular complexity index is 3980. The number of aryl methyl sites for hydroxylation is 6. The van der Waals surface area contributed by atoms with Crippen LogP contribution in [0, 0.1) is 41.5 Å². The molecule has 8 heteroatoms. The van der Waals surface area contributed by atoms with Crippen molar-refractivity contribution < 1.29 is 26.3 Å². The number of halogens is 6. The van der Waals surface area contributed by atoms with Crippen LogP contribution >= 0.6 is 0 Å². The molecule has 0 aliphatic carbocycles. The van der Waals surface area contributed by atoms with Crippen molar-refractivity contribution >= 4 is 78.5 Å². The van der Waals surface area contributed by atoms with Crippen LogP contribution in [0.3, 0.4) is 0 Å². The van der Waals surface area contributed by atoms with E-state index in [9.17, 15) is 13.2 Å². The van der Waals surface area contributed by atoms with E-state index < -0.39 is 23.5 Å². The van der Waals surface area contributed by atoms with E-state index >= 15 is 13.2 Å². The smallest absolute Gasteiger partial charge is 0.166 e. The lowest BCUT2D eigenvalue weighted by molar-refractivity contribution is -0.138. The third-order valence-electron chi connectivity index (χ3n) is 16.1. The van der Waals surface area contributed by atoms with Crippen LogP contribution in [-0.4, -0.2) is 13.4 Å². The van der Waals surface area contributed by atoms with Crippen molar-refractivity contribution in [3.8, 4) is 66.8 Å². The molecule has 0 fully saturated rings. The van der Waals surface area contributed by atoms with Gasteiger partial charge in [-0.3, -0.25) is 0 Å². The molecule has 10 aromatic rings. The lowest BCUT2D eigenvalue weighted by Gasteiger charge is -2.33. The first-order chi connectivity index (χ1) is 32.5. The van der Waals surface area contributed by atoms with Crippen LogP contribution < -0.4 is 32.8 Å². The molecule has 0 N–H and O–H groups in total. The van der Waals surface area contributed by atoms with Crippen molar-refractivity contribution in [1.82, 2.24) is 0 Å². The number of benzene rings is 10. The largest absolute Gasteiger partial charge is 0.416 e. The first-order valence-corrected chi connectivity index (χ1v) is 23.2. The Morgan fingerprint density at radius 1 is 0.324 bits per heavy atom. The highest BCUT2D eigenvalue weighted by Gasteiger charge is 2.47. The summed E-state index contributed by atoms with van der Waals surface area (Å²) in [5.74, 6) is 0. The normalized spacial score (nSPS) is 13.8. The van der Waals surface area contributed by atoms with Gasteiger partial charge in [0.2, 0.25) is 13.4 Å². The predicted octanol–water partition coefficient (Wildman–Crippen LogP) is 12.8. The molecule has 0 saturated heterocycles. The molecule has 0 unspecified atom stereocenters. The van der Waals surface area contributed by atoms with Crippen LogP contribution in [-0.2, 0) is 12.4 Å². The molecule has 0 nitrogen and oxygen atoms in total. The summed E-state index contributed by atoms with van der Waals surface area (Å²) in [6.07, 6.45) is -9.11. The molecule has 4 aliphatic rings. The van der Waals surface area contributed by atoms with Gasteiger partial charge in [0.05, 0.1) is 11.1 Å². The zero-order valence-electron chi connectivity index (χ0n) is 38.0. The van der Waals surface area contributed by atoms with Crippen LogP contribution in [0.1, 0.15) is 44.5 Å². The lowest BCUT2D eigenvalue weighted by atomic mass is 9.34. The fourth-order valence-electron chi connectivity index (χ4n) is 13.5. The fourth-order valence-corrected chi connectivity index (χ4v) is 13.5. The molecule has 0 atom stereocenters. The van der Waals surface area contributed by atoms with Gasteiger partial charge in [0, 0.05) is 0 Å². The molecule has 0 saturated carbocycles. The Kier molecular flexibility index (Phi) is 7.61. The summed E-state index contributed by atoms with van der Waals surface area (Å²) in [6, 6.07) is 39.2. The quantitative estimate of drug-likeness (QED) is 0.0921. The number of fused-ring (bicyclic) bond motifs is 10. The van der Waals surface area contributed by atoms with Gasteiger partial charge in [-0.15, -0.1) is 0 Å². The summed E-state index contributed by atoms with van der Waals surface area (Å²) in [6.45, 7) is 11.8. The van der Waals surface area contributed by atoms with Crippen molar-refractivity contribution in [2.45, 2.75) is 53.9 Å². The van der Waals surface area contributed by atoms with Gasteiger partial charge in [-0.05, 0) is 199 Å². The van der Waals surface area contributed by atoms with E-state index in [2.05, 4.69) is 100 Å². The van der Waals surface area contributed by atoms with Gasteiger partial charge in [0.15, 0.2) is 0 Å². The molecule has 0 spiro atoms. The minimum atomic E-state index is -4.59. The number of alkyl halides is 6. The van der Waals surface area contributed by atoms with Gasteiger partial charge in [-0.25, -0.2) is 0 Å². The van der Waals surface area contributed by atoms with Crippen LogP contribution in [0.2, 0.25) is 0 Å². The van der Waals surface area contributed by atoms with Crippen LogP contribution in [0.4, 0.5) is 26.3 Å². The van der Waals surface area contributed by atoms with E-state index in [1.54, 1.807) is 6.07 Å². The second-order valence-electron chi connectivity index (χ2n) is 20.0. The Morgan fingerprint density at radius 2 is 0.721 bits per heavy atom. The first-order valence-electron chi connectivity index (χ1n) is 23.2. The summed E-state index contributed by atoms with van der Waals surface area (Å²) < 4.78 is 89.5. The molecular formula is C60H38B2F6. The minimum Gasteiger partial charge on any atom is -0.166 e. The Hall–Kier alpha value is -7.05. The standard InChI is InChI=1S/C60H38B2F6/c1-27-13-15-47-35(17-27)45-21-34(60(66,67)68)22-46-40-24-38(52-31(5)11-8-12-32(52)6)42-25-49-53-39(44-19-28(2)18-43-36-20-33(59(63,64)65)14-16-48(36)62(49)57(43)44)23-37(51-29(3)9-7-10-30(51)4)41-26-50(61(47)58(45)46)54(40)56(42)55(41)53/h7-26H,1-6H3. The Balaban J connectivity index is 1.25. The maximum absolute atomic E-state index is 15.3. The molecule has 10 aromatic carbocycles. The van der Waals surface area contributed by atoms with Crippen molar-refractivity contribution in [3.05, 3.63) is 166 Å². The summed E-state index contributed by atoms with van der Waals surface area (Å²) in [7, 11) is 0. The van der Waals surface area contributed by atoms with Crippen molar-refractivity contribution in [2.24, 2.45) is 0 Å². The van der Waals surface area contributed by atoms with Gasteiger partial charge in [0.1, 0.15) is 0 Å². The molecule has 326 valence electrons. The molecule has 0 radical (unpaired) electrons. The van der Waals surface area contributed by atoms with Gasteiger partial charge in [-0.2, -0.15) is 26.3 Å². The van der Waals surface area contributed by atoms with Crippen molar-refractivity contribution in [1.29, 1.82) is 0 Å². The van der Waals surface area contributed by atoms with Crippen molar-refractivity contribution in [2.75, 3.05) is 0 Å². The van der Waals surface area contributed by atoms with Gasteiger partial charge in [0.25, 0.3) is 0 Å². The zero-order chi connectivity index (χ0) is 46.8. The monoisotopic (exact) mass is 894 g/mol. The number of hydrogen-bond donors (Lipinski definition) is 0. The number of rotatable bonds is 2. The van der Waals surface area contributed by atoms with Crippen LogP contribution in [0.15, 0.2) is 121 Å². The summed E-state index contributed by atoms with van der Waals surface area (Å²) in [5, 5.41) is 6.07. The molecule has 0 amide bonds. The van der Waals surface area contributed by atoms with E-state index in [1.807, 2.05) is 32.0 Å². The summed E-state index contributed by atoms with van der Waals surface area (Å²) in [4.78, 5) is 0. The van der Waals surface area contributed by atoms with Crippen LogP contribution in [0.5, 0.6) is 0 Å². The Morgan fingerprint density at radius 3 is 1.21 bits per heavy atom. The SMILES string of the molecule is Cc1ccc2c(c1)-c1cc(C(F)(F)F)cc3c1B2c1cc2c(-c4c(C)cccc4C)cc4c5c(cc6c(-c7c(C)cccc7C)cc-3c1c6c25)B1c2ccc(C(F)(F)F)cc2-c2cc(C)cc-4c21.